The van der Waals surface area contributed by atoms with Crippen LogP contribution in [0.25, 0.3) is 0 Å². The van der Waals surface area contributed by atoms with Crippen LogP contribution in [0.2, 0.25) is 0 Å². The number of amides is 2. The van der Waals surface area contributed by atoms with E-state index in [-0.39, 0.29) is 17.7 Å². The summed E-state index contributed by atoms with van der Waals surface area (Å²) in [6.45, 7) is 1.68. The van der Waals surface area contributed by atoms with Gasteiger partial charge in [-0.3, -0.25) is 14.6 Å². The second-order valence-electron chi connectivity index (χ2n) is 6.37. The summed E-state index contributed by atoms with van der Waals surface area (Å²) in [7, 11) is 0. The van der Waals surface area contributed by atoms with Gasteiger partial charge in [0, 0.05) is 30.1 Å². The van der Waals surface area contributed by atoms with E-state index in [1.807, 2.05) is 0 Å². The van der Waals surface area contributed by atoms with Crippen molar-refractivity contribution >= 4 is 17.5 Å². The molecule has 3 rings (SSSR count). The topological polar surface area (TPSA) is 93.2 Å². The molecule has 1 aliphatic rings. The number of aromatic nitrogens is 2. The molecule has 1 atom stereocenters. The molecule has 7 nitrogen and oxygen atoms in total. The van der Waals surface area contributed by atoms with Crippen LogP contribution in [0.4, 0.5) is 5.69 Å². The third kappa shape index (κ3) is 4.78. The molecule has 0 saturated heterocycles. The highest BCUT2D eigenvalue weighted by Gasteiger charge is 2.25. The van der Waals surface area contributed by atoms with Crippen LogP contribution in [0.1, 0.15) is 32.6 Å². The maximum absolute atomic E-state index is 12.3. The number of ether oxygens (including phenoxy) is 1. The molecule has 2 aromatic rings. The Balaban J connectivity index is 1.56. The lowest BCUT2D eigenvalue weighted by Crippen LogP contribution is -2.43. The molecule has 1 saturated carbocycles. The zero-order valence-electron chi connectivity index (χ0n) is 14.6. The van der Waals surface area contributed by atoms with Crippen LogP contribution in [-0.2, 0) is 9.59 Å². The quantitative estimate of drug-likeness (QED) is 0.832. The lowest BCUT2D eigenvalue weighted by molar-refractivity contribution is -0.128. The van der Waals surface area contributed by atoms with E-state index in [0.717, 1.165) is 25.7 Å². The number of hydrogen-bond acceptors (Lipinski definition) is 5. The van der Waals surface area contributed by atoms with Crippen LogP contribution < -0.4 is 15.4 Å². The van der Waals surface area contributed by atoms with Crippen molar-refractivity contribution < 1.29 is 14.3 Å². The van der Waals surface area contributed by atoms with Crippen LogP contribution in [0.3, 0.4) is 0 Å². The van der Waals surface area contributed by atoms with Gasteiger partial charge in [0.05, 0.1) is 6.20 Å². The van der Waals surface area contributed by atoms with Gasteiger partial charge in [0.2, 0.25) is 17.7 Å². The summed E-state index contributed by atoms with van der Waals surface area (Å²) in [6.07, 6.45) is 8.57. The molecule has 2 amide bonds. The van der Waals surface area contributed by atoms with Crippen molar-refractivity contribution in [3.63, 3.8) is 0 Å². The van der Waals surface area contributed by atoms with Crippen LogP contribution in [-0.4, -0.2) is 27.8 Å². The van der Waals surface area contributed by atoms with Crippen LogP contribution in [0.5, 0.6) is 11.6 Å². The van der Waals surface area contributed by atoms with Crippen molar-refractivity contribution in [3.05, 3.63) is 42.9 Å². The molecular weight excluding hydrogens is 332 g/mol. The molecule has 1 aromatic carbocycles. The molecule has 0 unspecified atom stereocenters. The monoisotopic (exact) mass is 354 g/mol. The zero-order chi connectivity index (χ0) is 18.4. The fourth-order valence-corrected chi connectivity index (χ4v) is 2.93. The van der Waals surface area contributed by atoms with Gasteiger partial charge in [0.15, 0.2) is 0 Å². The number of nitrogens with zero attached hydrogens (tertiary/aromatic N) is 2. The minimum absolute atomic E-state index is 0.0361. The van der Waals surface area contributed by atoms with E-state index in [2.05, 4.69) is 20.6 Å². The predicted octanol–water partition coefficient (Wildman–Crippen LogP) is 2.90. The zero-order valence-corrected chi connectivity index (χ0v) is 14.6. The molecule has 0 bridgehead atoms. The Labute approximate surface area is 152 Å². The Morgan fingerprint density at radius 2 is 2.04 bits per heavy atom. The second-order valence-corrected chi connectivity index (χ2v) is 6.37. The largest absolute Gasteiger partial charge is 0.437 e. The number of rotatable bonds is 6. The number of anilines is 1. The summed E-state index contributed by atoms with van der Waals surface area (Å²) >= 11 is 0. The van der Waals surface area contributed by atoms with E-state index < -0.39 is 6.04 Å². The van der Waals surface area contributed by atoms with Gasteiger partial charge in [-0.05, 0) is 31.9 Å². The number of nitrogens with one attached hydrogen (secondary N) is 2. The van der Waals surface area contributed by atoms with Gasteiger partial charge in [-0.25, -0.2) is 4.98 Å². The van der Waals surface area contributed by atoms with E-state index in [4.69, 9.17) is 4.74 Å². The minimum Gasteiger partial charge on any atom is -0.437 e. The van der Waals surface area contributed by atoms with Crippen molar-refractivity contribution in [3.8, 4) is 11.6 Å². The fraction of sp³-hybridized carbons (Fsp3) is 0.368. The molecule has 136 valence electrons. The molecule has 1 fully saturated rings. The average molecular weight is 354 g/mol. The number of benzene rings is 1. The van der Waals surface area contributed by atoms with Gasteiger partial charge in [0.1, 0.15) is 11.8 Å². The number of carbonyl (C=O) groups excluding carboxylic acids is 2. The molecule has 1 aliphatic carbocycles. The number of carbonyl (C=O) groups is 2. The molecular formula is C19H22N4O3. The van der Waals surface area contributed by atoms with Gasteiger partial charge in [-0.2, -0.15) is 0 Å². The Kier molecular flexibility index (Phi) is 5.78. The van der Waals surface area contributed by atoms with E-state index >= 15 is 0 Å². The maximum Gasteiger partial charge on any atom is 0.246 e. The van der Waals surface area contributed by atoms with Crippen molar-refractivity contribution in [2.24, 2.45) is 5.92 Å². The first-order valence-corrected chi connectivity index (χ1v) is 8.77. The highest BCUT2D eigenvalue weighted by atomic mass is 16.5. The van der Waals surface area contributed by atoms with Gasteiger partial charge in [-0.15, -0.1) is 0 Å². The second kappa shape index (κ2) is 8.42. The third-order valence-corrected chi connectivity index (χ3v) is 4.34. The summed E-state index contributed by atoms with van der Waals surface area (Å²) in [6, 6.07) is 6.37. The summed E-state index contributed by atoms with van der Waals surface area (Å²) in [5.41, 5.74) is 0.582. The van der Waals surface area contributed by atoms with E-state index in [1.165, 1.54) is 12.4 Å². The maximum atomic E-state index is 12.3. The number of hydrogen-bond donors (Lipinski definition) is 2. The first-order valence-electron chi connectivity index (χ1n) is 8.77. The summed E-state index contributed by atoms with van der Waals surface area (Å²) in [4.78, 5) is 32.5. The van der Waals surface area contributed by atoms with Crippen LogP contribution >= 0.6 is 0 Å². The first-order chi connectivity index (χ1) is 12.6. The smallest absolute Gasteiger partial charge is 0.246 e. The summed E-state index contributed by atoms with van der Waals surface area (Å²) < 4.78 is 5.60. The van der Waals surface area contributed by atoms with Gasteiger partial charge >= 0.3 is 0 Å². The lowest BCUT2D eigenvalue weighted by atomic mass is 10.1. The molecule has 0 spiro atoms. The van der Waals surface area contributed by atoms with Gasteiger partial charge in [0.25, 0.3) is 0 Å². The highest BCUT2D eigenvalue weighted by molar-refractivity contribution is 5.97. The Hall–Kier alpha value is -2.96. The summed E-state index contributed by atoms with van der Waals surface area (Å²) in [5, 5.41) is 5.59. The molecule has 2 N–H and O–H groups in total. The van der Waals surface area contributed by atoms with Crippen molar-refractivity contribution in [2.45, 2.75) is 38.6 Å². The molecule has 1 aromatic heterocycles. The Morgan fingerprint density at radius 3 is 2.77 bits per heavy atom. The highest BCUT2D eigenvalue weighted by Crippen LogP contribution is 2.25. The molecule has 1 heterocycles. The standard InChI is InChI=1S/C19H22N4O3/c1-13(22-19(25)14-5-2-3-6-14)18(24)23-15-7-4-8-16(11-15)26-17-12-20-9-10-21-17/h4,7-14H,2-3,5-6H2,1H3,(H,22,25)(H,23,24)/t13-/m1/s1. The van der Waals surface area contributed by atoms with E-state index in [1.54, 1.807) is 37.4 Å². The summed E-state index contributed by atoms with van der Waals surface area (Å²) in [5.74, 6) is 0.631. The van der Waals surface area contributed by atoms with Gasteiger partial charge in [-0.1, -0.05) is 18.9 Å². The lowest BCUT2D eigenvalue weighted by Gasteiger charge is -2.17. The molecule has 0 aliphatic heterocycles. The SMILES string of the molecule is C[C@@H](NC(=O)C1CCCC1)C(=O)Nc1cccc(Oc2cnccn2)c1. The third-order valence-electron chi connectivity index (χ3n) is 4.34. The van der Waals surface area contributed by atoms with Crippen molar-refractivity contribution in [2.75, 3.05) is 5.32 Å². The Morgan fingerprint density at radius 1 is 1.23 bits per heavy atom. The van der Waals surface area contributed by atoms with Crippen LogP contribution in [0.15, 0.2) is 42.9 Å². The van der Waals surface area contributed by atoms with Crippen LogP contribution in [0, 0.1) is 5.92 Å². The normalized spacial score (nSPS) is 15.3. The predicted molar refractivity (Wildman–Crippen MR) is 96.7 cm³/mol. The fourth-order valence-electron chi connectivity index (χ4n) is 2.93. The first kappa shape index (κ1) is 17.8. The minimum atomic E-state index is -0.604. The Bertz CT molecular complexity index is 760. The van der Waals surface area contributed by atoms with Gasteiger partial charge < -0.3 is 15.4 Å². The van der Waals surface area contributed by atoms with E-state index in [9.17, 15) is 9.59 Å². The van der Waals surface area contributed by atoms with E-state index in [0.29, 0.717) is 17.3 Å². The molecule has 7 heteroatoms. The average Bonchev–Trinajstić information content (AvgIpc) is 3.17. The molecule has 26 heavy (non-hydrogen) atoms. The van der Waals surface area contributed by atoms with Crippen molar-refractivity contribution in [1.82, 2.24) is 15.3 Å². The van der Waals surface area contributed by atoms with Crippen molar-refractivity contribution in [1.29, 1.82) is 0 Å². The molecule has 0 radical (unpaired) electrons.